The van der Waals surface area contributed by atoms with E-state index in [4.69, 9.17) is 23.7 Å². The average Bonchev–Trinajstić information content (AvgIpc) is 3.35. The summed E-state index contributed by atoms with van der Waals surface area (Å²) in [5, 5.41) is 10.9. The molecule has 0 saturated carbocycles. The Bertz CT molecular complexity index is 2020. The first-order chi connectivity index (χ1) is 32.4. The van der Waals surface area contributed by atoms with Crippen LogP contribution in [0.3, 0.4) is 0 Å². The highest BCUT2D eigenvalue weighted by Crippen LogP contribution is 2.21. The summed E-state index contributed by atoms with van der Waals surface area (Å²) in [6, 6.07) is 51.7. The van der Waals surface area contributed by atoms with Gasteiger partial charge >= 0.3 is 0 Å². The van der Waals surface area contributed by atoms with Crippen LogP contribution in [0, 0.1) is 5.92 Å². The Morgan fingerprint density at radius 2 is 0.773 bits per heavy atom. The normalized spacial score (nSPS) is 14.8. The Kier molecular flexibility index (Phi) is 25.2. The molecule has 0 radical (unpaired) electrons. The molecule has 0 heterocycles. The van der Waals surface area contributed by atoms with E-state index in [1.54, 1.807) is 0 Å². The maximum Gasteiger partial charge on any atom is 0.0760 e. The van der Waals surface area contributed by atoms with Crippen LogP contribution in [0.4, 0.5) is 0 Å². The summed E-state index contributed by atoms with van der Waals surface area (Å²) in [6.45, 7) is 9.33. The highest BCUT2D eigenvalue weighted by Gasteiger charge is 2.16. The fourth-order valence-corrected chi connectivity index (χ4v) is 7.64. The minimum absolute atomic E-state index is 0.0243. The van der Waals surface area contributed by atoms with E-state index >= 15 is 0 Å². The molecule has 5 rings (SSSR count). The van der Waals surface area contributed by atoms with E-state index in [9.17, 15) is 5.11 Å². The van der Waals surface area contributed by atoms with Gasteiger partial charge < -0.3 is 28.8 Å². The van der Waals surface area contributed by atoms with Gasteiger partial charge in [-0.2, -0.15) is 0 Å². The van der Waals surface area contributed by atoms with Crippen LogP contribution >= 0.6 is 0 Å². The highest BCUT2D eigenvalue weighted by atomic mass is 16.5. The number of aliphatic hydroxyl groups is 1. The Hall–Kier alpha value is -4.92. The van der Waals surface area contributed by atoms with Crippen molar-refractivity contribution in [3.63, 3.8) is 0 Å². The van der Waals surface area contributed by atoms with Crippen molar-refractivity contribution in [2.24, 2.45) is 5.92 Å². The number of hydrogen-bond acceptors (Lipinski definition) is 6. The minimum Gasteiger partial charge on any atom is -0.393 e. The molecule has 66 heavy (non-hydrogen) atoms. The van der Waals surface area contributed by atoms with Crippen LogP contribution in [0.1, 0.15) is 106 Å². The van der Waals surface area contributed by atoms with E-state index in [1.165, 1.54) is 16.7 Å². The van der Waals surface area contributed by atoms with Crippen LogP contribution in [0.25, 0.3) is 0 Å². The van der Waals surface area contributed by atoms with Crippen LogP contribution in [0.15, 0.2) is 188 Å². The van der Waals surface area contributed by atoms with E-state index in [-0.39, 0.29) is 30.5 Å². The first kappa shape index (κ1) is 52.1. The first-order valence-corrected chi connectivity index (χ1v) is 24.3. The van der Waals surface area contributed by atoms with Gasteiger partial charge in [-0.05, 0) is 98.4 Å². The summed E-state index contributed by atoms with van der Waals surface area (Å²) in [5.74, 6) is 0.389. The second-order valence-electron chi connectivity index (χ2n) is 17.7. The third kappa shape index (κ3) is 22.5. The van der Waals surface area contributed by atoms with Crippen molar-refractivity contribution in [1.82, 2.24) is 0 Å². The summed E-state index contributed by atoms with van der Waals surface area (Å²) < 4.78 is 32.1. The topological polar surface area (TPSA) is 66.4 Å². The van der Waals surface area contributed by atoms with Gasteiger partial charge in [0.05, 0.1) is 69.7 Å². The van der Waals surface area contributed by atoms with Gasteiger partial charge in [0.2, 0.25) is 0 Å². The molecule has 0 saturated heterocycles. The maximum absolute atomic E-state index is 10.9. The minimum atomic E-state index is -0.419. The molecule has 0 unspecified atom stereocenters. The lowest BCUT2D eigenvalue weighted by Crippen LogP contribution is -2.19. The lowest BCUT2D eigenvalue weighted by Gasteiger charge is -2.21. The van der Waals surface area contributed by atoms with Gasteiger partial charge in [-0.3, -0.25) is 0 Å². The molecular formula is C60H76O6. The predicted octanol–water partition coefficient (Wildman–Crippen LogP) is 14.1. The van der Waals surface area contributed by atoms with Crippen LogP contribution in [-0.2, 0) is 56.7 Å². The molecule has 6 heteroatoms. The molecule has 6 nitrogen and oxygen atoms in total. The van der Waals surface area contributed by atoms with Crippen LogP contribution < -0.4 is 0 Å². The lowest BCUT2D eigenvalue weighted by molar-refractivity contribution is 0.0122. The van der Waals surface area contributed by atoms with Gasteiger partial charge in [-0.1, -0.05) is 202 Å². The molecule has 0 amide bonds. The molecule has 0 aliphatic rings. The van der Waals surface area contributed by atoms with Crippen molar-refractivity contribution in [3.8, 4) is 0 Å². The second kappa shape index (κ2) is 31.9. The molecular weight excluding hydrogens is 817 g/mol. The standard InChI is InChI=1S/C60H76O6/c1-49(2)60(66-48-55-33-17-8-18-34-55)43-23-42-59(65-47-54-31-15-7-16-32-54)41-22-40-58(64-46-53-29-13-6-14-30-53)39-21-38-57(63-45-52-27-11-5-12-28-52)37-20-36-56(61)35-19-24-50(3)62-44-51-25-9-4-10-26-51/h4-19,21,23-34,38,42,49-50,56-61H,20,22,35-37,39-41,43-48H2,1-3H3/b24-19-,38-21-,42-23-/t50-,56+,57+,58-,59+,60-/m0/s1. The van der Waals surface area contributed by atoms with E-state index in [0.29, 0.717) is 51.8 Å². The SMILES string of the molecule is CC(C)[C@H](C/C=C\[C@@H](CCC[C@H](C/C=C\[C@@H](CCC[C@H](O)C/C=C\[C@H](C)OCc1ccccc1)OCc1ccccc1)OCc1ccccc1)OCc1ccccc1)OCc1ccccc1. The molecule has 5 aromatic carbocycles. The summed E-state index contributed by atoms with van der Waals surface area (Å²) in [7, 11) is 0. The van der Waals surface area contributed by atoms with E-state index < -0.39 is 6.10 Å². The Morgan fingerprint density at radius 3 is 1.23 bits per heavy atom. The fourth-order valence-electron chi connectivity index (χ4n) is 7.64. The van der Waals surface area contributed by atoms with Crippen LogP contribution in [0.2, 0.25) is 0 Å². The zero-order valence-electron chi connectivity index (χ0n) is 39.8. The molecule has 0 bridgehead atoms. The molecule has 6 atom stereocenters. The van der Waals surface area contributed by atoms with Gasteiger partial charge in [0, 0.05) is 0 Å². The monoisotopic (exact) mass is 893 g/mol. The molecule has 352 valence electrons. The van der Waals surface area contributed by atoms with Crippen LogP contribution in [-0.4, -0.2) is 41.7 Å². The van der Waals surface area contributed by atoms with Crippen molar-refractivity contribution in [1.29, 1.82) is 0 Å². The number of benzene rings is 5. The summed E-state index contributed by atoms with van der Waals surface area (Å²) in [6.07, 6.45) is 19.9. The smallest absolute Gasteiger partial charge is 0.0760 e. The first-order valence-electron chi connectivity index (χ1n) is 24.3. The molecule has 0 spiro atoms. The second-order valence-corrected chi connectivity index (χ2v) is 17.7. The quantitative estimate of drug-likeness (QED) is 0.0423. The fraction of sp³-hybridized carbons (Fsp3) is 0.400. The summed E-state index contributed by atoms with van der Waals surface area (Å²) in [4.78, 5) is 0. The van der Waals surface area contributed by atoms with E-state index in [2.05, 4.69) is 135 Å². The third-order valence-corrected chi connectivity index (χ3v) is 11.7. The molecule has 0 fully saturated rings. The largest absolute Gasteiger partial charge is 0.393 e. The van der Waals surface area contributed by atoms with Gasteiger partial charge in [0.1, 0.15) is 0 Å². The van der Waals surface area contributed by atoms with Crippen LogP contribution in [0.5, 0.6) is 0 Å². The van der Waals surface area contributed by atoms with Crippen molar-refractivity contribution >= 4 is 0 Å². The number of rotatable bonds is 33. The van der Waals surface area contributed by atoms with Crippen molar-refractivity contribution < 1.29 is 28.8 Å². The van der Waals surface area contributed by atoms with Gasteiger partial charge in [-0.25, -0.2) is 0 Å². The van der Waals surface area contributed by atoms with Crippen molar-refractivity contribution in [2.45, 2.75) is 148 Å². The zero-order valence-corrected chi connectivity index (χ0v) is 39.8. The number of ether oxygens (including phenoxy) is 5. The lowest BCUT2D eigenvalue weighted by atomic mass is 10.0. The third-order valence-electron chi connectivity index (χ3n) is 11.7. The van der Waals surface area contributed by atoms with Crippen molar-refractivity contribution in [2.75, 3.05) is 0 Å². The highest BCUT2D eigenvalue weighted by molar-refractivity contribution is 5.17. The molecule has 1 N–H and O–H groups in total. The van der Waals surface area contributed by atoms with E-state index in [0.717, 1.165) is 56.1 Å². The van der Waals surface area contributed by atoms with Gasteiger partial charge in [-0.15, -0.1) is 0 Å². The summed E-state index contributed by atoms with van der Waals surface area (Å²) in [5.41, 5.74) is 5.82. The van der Waals surface area contributed by atoms with Crippen molar-refractivity contribution in [3.05, 3.63) is 216 Å². The molecule has 0 aliphatic heterocycles. The molecule has 5 aromatic rings. The maximum atomic E-state index is 10.9. The Balaban J connectivity index is 1.16. The van der Waals surface area contributed by atoms with Gasteiger partial charge in [0.15, 0.2) is 0 Å². The Labute approximate surface area is 397 Å². The summed E-state index contributed by atoms with van der Waals surface area (Å²) >= 11 is 0. The molecule has 0 aromatic heterocycles. The number of aliphatic hydroxyl groups excluding tert-OH is 1. The number of hydrogen-bond donors (Lipinski definition) is 1. The Morgan fingerprint density at radius 1 is 0.394 bits per heavy atom. The predicted molar refractivity (Wildman–Crippen MR) is 271 cm³/mol. The molecule has 0 aliphatic carbocycles. The van der Waals surface area contributed by atoms with Gasteiger partial charge in [0.25, 0.3) is 0 Å². The average molecular weight is 893 g/mol. The van der Waals surface area contributed by atoms with E-state index in [1.807, 2.05) is 73.7 Å². The zero-order chi connectivity index (χ0) is 46.3.